The highest BCUT2D eigenvalue weighted by Gasteiger charge is 2.10. The van der Waals surface area contributed by atoms with Crippen molar-refractivity contribution < 1.29 is 0 Å². The second kappa shape index (κ2) is 6.23. The molecule has 1 atom stereocenters. The van der Waals surface area contributed by atoms with E-state index in [-0.39, 0.29) is 6.04 Å². The van der Waals surface area contributed by atoms with Crippen LogP contribution in [0.15, 0.2) is 24.3 Å². The lowest BCUT2D eigenvalue weighted by molar-refractivity contribution is 0.611. The van der Waals surface area contributed by atoms with Crippen molar-refractivity contribution in [1.82, 2.24) is 9.78 Å². The molecule has 0 saturated carbocycles. The topological polar surface area (TPSA) is 43.8 Å². The van der Waals surface area contributed by atoms with E-state index < -0.39 is 0 Å². The van der Waals surface area contributed by atoms with E-state index in [1.54, 1.807) is 0 Å². The maximum Gasteiger partial charge on any atom is 0.0624 e. The molecule has 0 aliphatic carbocycles. The van der Waals surface area contributed by atoms with Crippen LogP contribution in [0.5, 0.6) is 0 Å². The van der Waals surface area contributed by atoms with Gasteiger partial charge >= 0.3 is 0 Å². The number of nitrogens with zero attached hydrogens (tertiary/aromatic N) is 2. The summed E-state index contributed by atoms with van der Waals surface area (Å²) in [6.07, 6.45) is 2.75. The van der Waals surface area contributed by atoms with Gasteiger partial charge in [0.15, 0.2) is 0 Å². The molecule has 20 heavy (non-hydrogen) atoms. The molecule has 0 saturated heterocycles. The molecule has 1 heterocycles. The van der Waals surface area contributed by atoms with Gasteiger partial charge in [-0.25, -0.2) is 0 Å². The average molecular weight is 271 g/mol. The third-order valence-corrected chi connectivity index (χ3v) is 3.93. The monoisotopic (exact) mass is 271 g/mol. The van der Waals surface area contributed by atoms with Crippen LogP contribution in [0.2, 0.25) is 0 Å². The van der Waals surface area contributed by atoms with Gasteiger partial charge in [0.1, 0.15) is 0 Å². The van der Waals surface area contributed by atoms with Crippen molar-refractivity contribution in [3.8, 4) is 0 Å². The van der Waals surface area contributed by atoms with E-state index in [9.17, 15) is 0 Å². The molecule has 2 N–H and O–H groups in total. The molecule has 0 aliphatic heterocycles. The fraction of sp³-hybridized carbons (Fsp3) is 0.471. The lowest BCUT2D eigenvalue weighted by Gasteiger charge is -2.13. The first-order valence-electron chi connectivity index (χ1n) is 7.33. The summed E-state index contributed by atoms with van der Waals surface area (Å²) in [5.41, 5.74) is 12.7. The second-order valence-corrected chi connectivity index (χ2v) is 5.69. The molecular weight excluding hydrogens is 246 g/mol. The SMILES string of the molecule is CCc1cc(CC(N)Cc2ccc(C)c(C)c2)n(C)n1. The molecule has 0 fully saturated rings. The molecular formula is C17H25N3. The normalized spacial score (nSPS) is 12.7. The van der Waals surface area contributed by atoms with Gasteiger partial charge in [0, 0.05) is 25.2 Å². The Morgan fingerprint density at radius 2 is 1.90 bits per heavy atom. The van der Waals surface area contributed by atoms with Crippen molar-refractivity contribution in [2.45, 2.75) is 46.1 Å². The summed E-state index contributed by atoms with van der Waals surface area (Å²) < 4.78 is 1.96. The van der Waals surface area contributed by atoms with Gasteiger partial charge in [-0.05, 0) is 49.4 Å². The van der Waals surface area contributed by atoms with E-state index in [0.29, 0.717) is 0 Å². The zero-order valence-corrected chi connectivity index (χ0v) is 13.0. The maximum absolute atomic E-state index is 6.30. The molecule has 0 spiro atoms. The van der Waals surface area contributed by atoms with Gasteiger partial charge in [-0.1, -0.05) is 25.1 Å². The van der Waals surface area contributed by atoms with Crippen LogP contribution in [-0.2, 0) is 26.3 Å². The van der Waals surface area contributed by atoms with Gasteiger partial charge in [-0.3, -0.25) is 4.68 Å². The summed E-state index contributed by atoms with van der Waals surface area (Å²) in [5, 5.41) is 4.48. The van der Waals surface area contributed by atoms with Crippen LogP contribution in [0.3, 0.4) is 0 Å². The highest BCUT2D eigenvalue weighted by Crippen LogP contribution is 2.13. The van der Waals surface area contributed by atoms with Gasteiger partial charge in [-0.15, -0.1) is 0 Å². The molecule has 2 aromatic rings. The van der Waals surface area contributed by atoms with Crippen molar-refractivity contribution in [3.63, 3.8) is 0 Å². The first-order valence-corrected chi connectivity index (χ1v) is 7.33. The minimum atomic E-state index is 0.136. The third kappa shape index (κ3) is 3.48. The summed E-state index contributed by atoms with van der Waals surface area (Å²) >= 11 is 0. The smallest absolute Gasteiger partial charge is 0.0624 e. The Morgan fingerprint density at radius 1 is 1.15 bits per heavy atom. The Labute approximate surface area is 121 Å². The molecule has 1 aromatic carbocycles. The van der Waals surface area contributed by atoms with Gasteiger partial charge in [0.05, 0.1) is 5.69 Å². The first-order chi connectivity index (χ1) is 9.49. The van der Waals surface area contributed by atoms with Crippen LogP contribution >= 0.6 is 0 Å². The third-order valence-electron chi connectivity index (χ3n) is 3.93. The van der Waals surface area contributed by atoms with Gasteiger partial charge in [0.25, 0.3) is 0 Å². The van der Waals surface area contributed by atoms with Crippen LogP contribution in [-0.4, -0.2) is 15.8 Å². The fourth-order valence-corrected chi connectivity index (χ4v) is 2.51. The van der Waals surface area contributed by atoms with Crippen LogP contribution in [0.4, 0.5) is 0 Å². The lowest BCUT2D eigenvalue weighted by atomic mass is 9.99. The standard InChI is InChI=1S/C17H25N3/c1-5-16-11-17(20(4)19-16)10-15(18)9-14-7-6-12(2)13(3)8-14/h6-8,11,15H,5,9-10,18H2,1-4H3. The van der Waals surface area contributed by atoms with Crippen molar-refractivity contribution in [2.24, 2.45) is 12.8 Å². The zero-order chi connectivity index (χ0) is 14.7. The van der Waals surface area contributed by atoms with Crippen LogP contribution in [0.25, 0.3) is 0 Å². The van der Waals surface area contributed by atoms with Crippen molar-refractivity contribution >= 4 is 0 Å². The van der Waals surface area contributed by atoms with Gasteiger partial charge in [0.2, 0.25) is 0 Å². The van der Waals surface area contributed by atoms with E-state index >= 15 is 0 Å². The molecule has 0 radical (unpaired) electrons. The number of hydrogen-bond acceptors (Lipinski definition) is 2. The molecule has 1 unspecified atom stereocenters. The minimum Gasteiger partial charge on any atom is -0.327 e. The number of aromatic nitrogens is 2. The van der Waals surface area contributed by atoms with Crippen molar-refractivity contribution in [2.75, 3.05) is 0 Å². The highest BCUT2D eigenvalue weighted by atomic mass is 15.3. The van der Waals surface area contributed by atoms with Crippen LogP contribution in [0.1, 0.15) is 35.0 Å². The predicted molar refractivity (Wildman–Crippen MR) is 83.9 cm³/mol. The molecule has 108 valence electrons. The predicted octanol–water partition coefficient (Wildman–Crippen LogP) is 2.71. The maximum atomic E-state index is 6.30. The quantitative estimate of drug-likeness (QED) is 0.908. The number of nitrogens with two attached hydrogens (primary N) is 1. The summed E-state index contributed by atoms with van der Waals surface area (Å²) in [5.74, 6) is 0. The number of aryl methyl sites for hydroxylation is 4. The Kier molecular flexibility index (Phi) is 4.61. The Morgan fingerprint density at radius 3 is 2.50 bits per heavy atom. The lowest BCUT2D eigenvalue weighted by Crippen LogP contribution is -2.26. The van der Waals surface area contributed by atoms with Gasteiger partial charge < -0.3 is 5.73 Å². The highest BCUT2D eigenvalue weighted by molar-refractivity contribution is 5.30. The molecule has 2 rings (SSSR count). The van der Waals surface area contributed by atoms with E-state index in [2.05, 4.69) is 50.1 Å². The van der Waals surface area contributed by atoms with E-state index in [1.807, 2.05) is 11.7 Å². The van der Waals surface area contributed by atoms with E-state index in [0.717, 1.165) is 25.0 Å². The molecule has 0 amide bonds. The molecule has 3 heteroatoms. The molecule has 1 aromatic heterocycles. The van der Waals surface area contributed by atoms with Crippen LogP contribution in [0, 0.1) is 13.8 Å². The average Bonchev–Trinajstić information content (AvgIpc) is 2.74. The number of hydrogen-bond donors (Lipinski definition) is 1. The Balaban J connectivity index is 2.02. The van der Waals surface area contributed by atoms with Crippen molar-refractivity contribution in [1.29, 1.82) is 0 Å². The molecule has 0 bridgehead atoms. The fourth-order valence-electron chi connectivity index (χ4n) is 2.51. The van der Waals surface area contributed by atoms with Gasteiger partial charge in [-0.2, -0.15) is 5.10 Å². The van der Waals surface area contributed by atoms with E-state index in [4.69, 9.17) is 5.73 Å². The minimum absolute atomic E-state index is 0.136. The number of benzene rings is 1. The first kappa shape index (κ1) is 14.8. The summed E-state index contributed by atoms with van der Waals surface area (Å²) in [4.78, 5) is 0. The zero-order valence-electron chi connectivity index (χ0n) is 13.0. The largest absolute Gasteiger partial charge is 0.327 e. The Hall–Kier alpha value is -1.61. The molecule has 0 aliphatic rings. The summed E-state index contributed by atoms with van der Waals surface area (Å²) in [7, 11) is 2.00. The van der Waals surface area contributed by atoms with Crippen LogP contribution < -0.4 is 5.73 Å². The molecule has 3 nitrogen and oxygen atoms in total. The second-order valence-electron chi connectivity index (χ2n) is 5.69. The summed E-state index contributed by atoms with van der Waals surface area (Å²) in [6, 6.07) is 8.91. The van der Waals surface area contributed by atoms with E-state index in [1.165, 1.54) is 22.4 Å². The Bertz CT molecular complexity index is 584. The number of rotatable bonds is 5. The van der Waals surface area contributed by atoms with Crippen molar-refractivity contribution in [3.05, 3.63) is 52.3 Å². The summed E-state index contributed by atoms with van der Waals surface area (Å²) in [6.45, 7) is 6.42.